The Hall–Kier alpha value is -2.91. The summed E-state index contributed by atoms with van der Waals surface area (Å²) in [4.78, 5) is 7.15. The molecule has 3 aliphatic rings. The molecule has 1 fully saturated rings. The zero-order chi connectivity index (χ0) is 26.0. The molecule has 5 rings (SSSR count). The number of halogens is 1. The van der Waals surface area contributed by atoms with Crippen molar-refractivity contribution in [2.24, 2.45) is 10.9 Å². The number of piperidine rings is 1. The second kappa shape index (κ2) is 10.5. The van der Waals surface area contributed by atoms with Gasteiger partial charge in [0.15, 0.2) is 0 Å². The van der Waals surface area contributed by atoms with Gasteiger partial charge in [-0.1, -0.05) is 42.0 Å². The van der Waals surface area contributed by atoms with Gasteiger partial charge in [-0.05, 0) is 93.2 Å². The Labute approximate surface area is 224 Å². The first-order valence-corrected chi connectivity index (χ1v) is 13.5. The van der Waals surface area contributed by atoms with Crippen LogP contribution in [-0.4, -0.2) is 48.5 Å². The third-order valence-corrected chi connectivity index (χ3v) is 8.24. The molecule has 0 aromatic heterocycles. The molecule has 6 heteroatoms. The molecule has 1 N–H and O–H groups in total. The molecule has 0 bridgehead atoms. The van der Waals surface area contributed by atoms with Crippen molar-refractivity contribution in [3.05, 3.63) is 82.4 Å². The van der Waals surface area contributed by atoms with Gasteiger partial charge in [-0.3, -0.25) is 4.99 Å². The standard InChI is InChI=1S/C31H34ClN3O2/c1-30(2,36)23-9-12-29-27(19-23)25(26-5-3-15-34-28(26)20-37-29)6-4-16-35-17-13-31(21-33,14-18-35)22-7-10-24(32)11-8-22/h3,5-12,15,19,26,28,36H,4,13-14,16-18,20H2,1-2H3/b25-6+. The largest absolute Gasteiger partial charge is 0.491 e. The lowest BCUT2D eigenvalue weighted by atomic mass is 9.74. The van der Waals surface area contributed by atoms with Gasteiger partial charge in [0.25, 0.3) is 0 Å². The monoisotopic (exact) mass is 515 g/mol. The fraction of sp³-hybridized carbons (Fsp3) is 0.419. The fourth-order valence-corrected chi connectivity index (χ4v) is 5.79. The Kier molecular flexibility index (Phi) is 7.27. The molecule has 0 aliphatic carbocycles. The molecular formula is C31H34ClN3O2. The van der Waals surface area contributed by atoms with E-state index in [2.05, 4.69) is 29.2 Å². The van der Waals surface area contributed by atoms with E-state index in [1.807, 2.05) is 62.5 Å². The lowest BCUT2D eigenvalue weighted by molar-refractivity contribution is 0.0785. The number of allylic oxidation sites excluding steroid dienone is 1. The van der Waals surface area contributed by atoms with Gasteiger partial charge >= 0.3 is 0 Å². The number of nitrogens with zero attached hydrogens (tertiary/aromatic N) is 3. The average molecular weight is 516 g/mol. The molecule has 0 amide bonds. The summed E-state index contributed by atoms with van der Waals surface area (Å²) < 4.78 is 6.18. The zero-order valence-electron chi connectivity index (χ0n) is 21.5. The molecule has 1 saturated heterocycles. The van der Waals surface area contributed by atoms with Gasteiger partial charge in [0, 0.05) is 29.3 Å². The van der Waals surface area contributed by atoms with Crippen LogP contribution in [0.1, 0.15) is 49.8 Å². The average Bonchev–Trinajstić information content (AvgIpc) is 3.06. The number of dihydropyridines is 1. The number of aliphatic hydroxyl groups is 1. The van der Waals surface area contributed by atoms with Crippen LogP contribution in [0.4, 0.5) is 0 Å². The summed E-state index contributed by atoms with van der Waals surface area (Å²) in [6.45, 7) is 6.86. The van der Waals surface area contributed by atoms with Crippen LogP contribution in [0.3, 0.4) is 0 Å². The van der Waals surface area contributed by atoms with E-state index < -0.39 is 11.0 Å². The summed E-state index contributed by atoms with van der Waals surface area (Å²) >= 11 is 6.07. The molecule has 37 heavy (non-hydrogen) atoms. The highest BCUT2D eigenvalue weighted by atomic mass is 35.5. The maximum absolute atomic E-state index is 10.7. The first-order valence-electron chi connectivity index (χ1n) is 13.1. The summed E-state index contributed by atoms with van der Waals surface area (Å²) in [6.07, 6.45) is 10.9. The quantitative estimate of drug-likeness (QED) is 0.537. The van der Waals surface area contributed by atoms with E-state index >= 15 is 0 Å². The number of ether oxygens (including phenoxy) is 1. The fourth-order valence-electron chi connectivity index (χ4n) is 5.67. The van der Waals surface area contributed by atoms with Crippen LogP contribution in [0.25, 0.3) is 5.57 Å². The molecule has 3 aliphatic heterocycles. The minimum atomic E-state index is -0.933. The molecule has 2 atom stereocenters. The normalized spacial score (nSPS) is 24.0. The van der Waals surface area contributed by atoms with Crippen molar-refractivity contribution in [3.8, 4) is 11.8 Å². The van der Waals surface area contributed by atoms with Crippen molar-refractivity contribution in [3.63, 3.8) is 0 Å². The Bertz CT molecular complexity index is 1260. The molecule has 3 heterocycles. The second-order valence-electron chi connectivity index (χ2n) is 10.8. The summed E-state index contributed by atoms with van der Waals surface area (Å²) in [6, 6.07) is 16.4. The van der Waals surface area contributed by atoms with Crippen molar-refractivity contribution >= 4 is 23.4 Å². The van der Waals surface area contributed by atoms with Crippen LogP contribution >= 0.6 is 11.6 Å². The Morgan fingerprint density at radius 2 is 1.97 bits per heavy atom. The number of fused-ring (bicyclic) bond motifs is 2. The number of aliphatic imine (C=N–C) groups is 1. The lowest BCUT2D eigenvalue weighted by Gasteiger charge is -2.37. The van der Waals surface area contributed by atoms with Gasteiger partial charge in [0.2, 0.25) is 0 Å². The molecular weight excluding hydrogens is 482 g/mol. The molecule has 2 aromatic carbocycles. The minimum absolute atomic E-state index is 0.0415. The summed E-state index contributed by atoms with van der Waals surface area (Å²) in [5, 5.41) is 21.4. The molecule has 2 aromatic rings. The number of hydrogen-bond acceptors (Lipinski definition) is 5. The number of hydrogen-bond donors (Lipinski definition) is 1. The van der Waals surface area contributed by atoms with Crippen molar-refractivity contribution in [2.75, 3.05) is 26.2 Å². The highest BCUT2D eigenvalue weighted by molar-refractivity contribution is 6.30. The van der Waals surface area contributed by atoms with Gasteiger partial charge in [-0.15, -0.1) is 0 Å². The third kappa shape index (κ3) is 5.38. The first kappa shape index (κ1) is 25.7. The molecule has 192 valence electrons. The van der Waals surface area contributed by atoms with Gasteiger partial charge in [0.05, 0.1) is 23.1 Å². The predicted octanol–water partition coefficient (Wildman–Crippen LogP) is 5.92. The zero-order valence-corrected chi connectivity index (χ0v) is 22.3. The van der Waals surface area contributed by atoms with Crippen molar-refractivity contribution in [2.45, 2.75) is 50.2 Å². The summed E-state index contributed by atoms with van der Waals surface area (Å²) in [5.41, 5.74) is 2.81. The number of rotatable bonds is 5. The number of benzene rings is 2. The van der Waals surface area contributed by atoms with E-state index in [-0.39, 0.29) is 12.0 Å². The molecule has 5 nitrogen and oxygen atoms in total. The van der Waals surface area contributed by atoms with Gasteiger partial charge in [0.1, 0.15) is 12.4 Å². The van der Waals surface area contributed by atoms with Crippen LogP contribution < -0.4 is 4.74 Å². The van der Waals surface area contributed by atoms with E-state index in [0.717, 1.165) is 61.3 Å². The highest BCUT2D eigenvalue weighted by Gasteiger charge is 2.36. The maximum Gasteiger partial charge on any atom is 0.126 e. The Balaban J connectivity index is 1.33. The number of likely N-dealkylation sites (tertiary alicyclic amines) is 1. The third-order valence-electron chi connectivity index (χ3n) is 7.99. The van der Waals surface area contributed by atoms with Crippen molar-refractivity contribution in [1.82, 2.24) is 4.90 Å². The number of nitriles is 1. The highest BCUT2D eigenvalue weighted by Crippen LogP contribution is 2.41. The van der Waals surface area contributed by atoms with Gasteiger partial charge in [-0.2, -0.15) is 5.26 Å². The van der Waals surface area contributed by atoms with Gasteiger partial charge in [-0.25, -0.2) is 0 Å². The van der Waals surface area contributed by atoms with Crippen LogP contribution in [0.15, 0.2) is 65.7 Å². The minimum Gasteiger partial charge on any atom is -0.491 e. The smallest absolute Gasteiger partial charge is 0.126 e. The topological polar surface area (TPSA) is 68.8 Å². The van der Waals surface area contributed by atoms with Crippen LogP contribution in [0, 0.1) is 17.2 Å². The van der Waals surface area contributed by atoms with Crippen molar-refractivity contribution < 1.29 is 9.84 Å². The van der Waals surface area contributed by atoms with E-state index in [4.69, 9.17) is 21.3 Å². The lowest BCUT2D eigenvalue weighted by Crippen LogP contribution is -2.42. The van der Waals surface area contributed by atoms with Crippen LogP contribution in [-0.2, 0) is 11.0 Å². The molecule has 0 radical (unpaired) electrons. The Morgan fingerprint density at radius 1 is 1.22 bits per heavy atom. The van der Waals surface area contributed by atoms with E-state index in [1.165, 1.54) is 5.57 Å². The maximum atomic E-state index is 10.7. The predicted molar refractivity (Wildman–Crippen MR) is 149 cm³/mol. The summed E-state index contributed by atoms with van der Waals surface area (Å²) in [7, 11) is 0. The molecule has 0 saturated carbocycles. The molecule has 2 unspecified atom stereocenters. The van der Waals surface area contributed by atoms with Crippen molar-refractivity contribution in [1.29, 1.82) is 5.26 Å². The van der Waals surface area contributed by atoms with E-state index in [0.29, 0.717) is 11.6 Å². The molecule has 0 spiro atoms. The summed E-state index contributed by atoms with van der Waals surface area (Å²) in [5.74, 6) is 0.984. The SMILES string of the molecule is CC(C)(O)c1ccc2c(c1)/C(=C/CCN1CCC(C#N)(c3ccc(Cl)cc3)CC1)C1C=CC=NC1CO2. The van der Waals surface area contributed by atoms with E-state index in [1.54, 1.807) is 0 Å². The van der Waals surface area contributed by atoms with E-state index in [9.17, 15) is 10.4 Å². The van der Waals surface area contributed by atoms with Crippen LogP contribution in [0.2, 0.25) is 5.02 Å². The Morgan fingerprint density at radius 3 is 2.68 bits per heavy atom. The first-order chi connectivity index (χ1) is 17.8. The second-order valence-corrected chi connectivity index (χ2v) is 11.3. The van der Waals surface area contributed by atoms with Crippen LogP contribution in [0.5, 0.6) is 5.75 Å². The van der Waals surface area contributed by atoms with Gasteiger partial charge < -0.3 is 14.7 Å².